The fourth-order valence-electron chi connectivity index (χ4n) is 4.88. The number of piperidine rings is 1. The Balaban J connectivity index is 1.77. The molecule has 1 heterocycles. The molecule has 1 fully saturated rings. The zero-order chi connectivity index (χ0) is 22.3. The molecule has 4 nitrogen and oxygen atoms in total. The molecule has 0 aliphatic carbocycles. The molecule has 1 aliphatic rings. The smallest absolute Gasteiger partial charge is 0.167 e. The summed E-state index contributed by atoms with van der Waals surface area (Å²) in [6.07, 6.45) is 0.620. The van der Waals surface area contributed by atoms with E-state index < -0.39 is 0 Å². The minimum atomic E-state index is -0.343. The molecule has 4 rings (SSSR count). The van der Waals surface area contributed by atoms with E-state index in [1.807, 2.05) is 91.0 Å². The number of aliphatic hydroxyl groups is 1. The number of hydrogen-bond acceptors (Lipinski definition) is 4. The summed E-state index contributed by atoms with van der Waals surface area (Å²) in [6.45, 7) is 1.90. The van der Waals surface area contributed by atoms with E-state index in [9.17, 15) is 14.7 Å². The molecule has 0 spiro atoms. The Morgan fingerprint density at radius 3 is 1.59 bits per heavy atom. The number of carbonyl (C=O) groups excluding carboxylic acids is 2. The Morgan fingerprint density at radius 2 is 1.16 bits per heavy atom. The minimum absolute atomic E-state index is 0.0685. The molecule has 1 aliphatic heterocycles. The van der Waals surface area contributed by atoms with Gasteiger partial charge < -0.3 is 10.0 Å². The van der Waals surface area contributed by atoms with Gasteiger partial charge >= 0.3 is 0 Å². The summed E-state index contributed by atoms with van der Waals surface area (Å²) in [6, 6.07) is 28.7. The molecule has 2 unspecified atom stereocenters. The van der Waals surface area contributed by atoms with E-state index in [4.69, 9.17) is 0 Å². The second kappa shape index (κ2) is 10.5. The monoisotopic (exact) mass is 427 g/mol. The number of benzene rings is 3. The molecule has 3 aromatic carbocycles. The van der Waals surface area contributed by atoms with E-state index in [0.29, 0.717) is 37.2 Å². The Morgan fingerprint density at radius 1 is 0.719 bits per heavy atom. The Labute approximate surface area is 189 Å². The van der Waals surface area contributed by atoms with E-state index in [1.165, 1.54) is 0 Å². The maximum atomic E-state index is 13.7. The highest BCUT2D eigenvalue weighted by molar-refractivity contribution is 6.02. The molecule has 0 saturated carbocycles. The van der Waals surface area contributed by atoms with Gasteiger partial charge in [-0.15, -0.1) is 0 Å². The fraction of sp³-hybridized carbons (Fsp3) is 0.286. The van der Waals surface area contributed by atoms with Crippen LogP contribution in [0.5, 0.6) is 0 Å². The molecule has 32 heavy (non-hydrogen) atoms. The third-order valence-electron chi connectivity index (χ3n) is 6.38. The number of rotatable bonds is 8. The summed E-state index contributed by atoms with van der Waals surface area (Å²) in [7, 11) is 0. The molecule has 0 bridgehead atoms. The zero-order valence-electron chi connectivity index (χ0n) is 18.1. The van der Waals surface area contributed by atoms with Gasteiger partial charge in [0, 0.05) is 55.1 Å². The first-order valence-electron chi connectivity index (χ1n) is 11.3. The first-order chi connectivity index (χ1) is 15.7. The van der Waals surface area contributed by atoms with Gasteiger partial charge in [0.1, 0.15) is 0 Å². The highest BCUT2D eigenvalue weighted by Crippen LogP contribution is 2.40. The van der Waals surface area contributed by atoms with E-state index in [-0.39, 0.29) is 35.9 Å². The summed E-state index contributed by atoms with van der Waals surface area (Å²) in [5, 5.41) is 9.37. The molecular weight excluding hydrogens is 398 g/mol. The van der Waals surface area contributed by atoms with Gasteiger partial charge in [0.2, 0.25) is 0 Å². The third kappa shape index (κ3) is 4.87. The zero-order valence-corrected chi connectivity index (χ0v) is 18.1. The van der Waals surface area contributed by atoms with E-state index >= 15 is 0 Å². The van der Waals surface area contributed by atoms with Crippen molar-refractivity contribution in [3.63, 3.8) is 0 Å². The predicted octanol–water partition coefficient (Wildman–Crippen LogP) is 4.47. The molecule has 1 saturated heterocycles. The van der Waals surface area contributed by atoms with Gasteiger partial charge in [-0.2, -0.15) is 0 Å². The van der Waals surface area contributed by atoms with E-state index in [2.05, 4.69) is 4.90 Å². The molecular formula is C28H29NO3. The van der Waals surface area contributed by atoms with E-state index in [0.717, 1.165) is 5.56 Å². The lowest BCUT2D eigenvalue weighted by atomic mass is 9.68. The van der Waals surface area contributed by atoms with E-state index in [1.54, 1.807) is 0 Å². The van der Waals surface area contributed by atoms with Crippen LogP contribution in [0, 0.1) is 11.8 Å². The van der Waals surface area contributed by atoms with Gasteiger partial charge in [-0.1, -0.05) is 91.0 Å². The van der Waals surface area contributed by atoms with Crippen molar-refractivity contribution in [1.29, 1.82) is 0 Å². The first kappa shape index (κ1) is 22.1. The predicted molar refractivity (Wildman–Crippen MR) is 126 cm³/mol. The number of aliphatic hydroxyl groups excluding tert-OH is 1. The van der Waals surface area contributed by atoms with Gasteiger partial charge in [0.05, 0.1) is 0 Å². The first-order valence-corrected chi connectivity index (χ1v) is 11.3. The third-order valence-corrected chi connectivity index (χ3v) is 6.38. The summed E-state index contributed by atoms with van der Waals surface area (Å²) < 4.78 is 0. The molecule has 2 atom stereocenters. The van der Waals surface area contributed by atoms with Crippen LogP contribution in [0.1, 0.15) is 38.6 Å². The molecule has 1 N–H and O–H groups in total. The maximum Gasteiger partial charge on any atom is 0.167 e. The summed E-state index contributed by atoms with van der Waals surface area (Å²) in [5.41, 5.74) is 2.37. The average Bonchev–Trinajstić information content (AvgIpc) is 2.87. The van der Waals surface area contributed by atoms with Crippen molar-refractivity contribution in [1.82, 2.24) is 4.90 Å². The molecule has 0 aromatic heterocycles. The summed E-state index contributed by atoms with van der Waals surface area (Å²) in [4.78, 5) is 29.6. The fourth-order valence-corrected chi connectivity index (χ4v) is 4.88. The van der Waals surface area contributed by atoms with Crippen LogP contribution in [0.25, 0.3) is 0 Å². The molecule has 3 aromatic rings. The van der Waals surface area contributed by atoms with Crippen LogP contribution < -0.4 is 0 Å². The number of carbonyl (C=O) groups is 2. The summed E-state index contributed by atoms with van der Waals surface area (Å²) in [5.74, 6) is -0.755. The second-order valence-electron chi connectivity index (χ2n) is 8.45. The van der Waals surface area contributed by atoms with Crippen LogP contribution >= 0.6 is 0 Å². The van der Waals surface area contributed by atoms with Crippen molar-refractivity contribution in [2.24, 2.45) is 11.8 Å². The lowest BCUT2D eigenvalue weighted by Gasteiger charge is -2.43. The van der Waals surface area contributed by atoms with Gasteiger partial charge in [0.25, 0.3) is 0 Å². The average molecular weight is 428 g/mol. The topological polar surface area (TPSA) is 57.6 Å². The number of Topliss-reactive ketones (excluding diaryl/α,β-unsaturated/α-hetero) is 2. The second-order valence-corrected chi connectivity index (χ2v) is 8.45. The summed E-state index contributed by atoms with van der Waals surface area (Å²) >= 11 is 0. The van der Waals surface area contributed by atoms with Gasteiger partial charge in [-0.05, 0) is 12.0 Å². The van der Waals surface area contributed by atoms with Gasteiger partial charge in [0.15, 0.2) is 11.6 Å². The SMILES string of the molecule is O=C(c1ccccc1)C1CN(CCCO)CC(C(=O)c2ccccc2)C1c1ccccc1. The van der Waals surface area contributed by atoms with Crippen LogP contribution in [0.2, 0.25) is 0 Å². The number of ketones is 2. The van der Waals surface area contributed by atoms with Crippen LogP contribution in [0.15, 0.2) is 91.0 Å². The van der Waals surface area contributed by atoms with Crippen molar-refractivity contribution in [3.05, 3.63) is 108 Å². The number of hydrogen-bond donors (Lipinski definition) is 1. The highest BCUT2D eigenvalue weighted by atomic mass is 16.3. The van der Waals surface area contributed by atoms with Crippen LogP contribution in [-0.2, 0) is 0 Å². The largest absolute Gasteiger partial charge is 0.396 e. The standard InChI is InChI=1S/C28H29NO3/c30-18-10-17-29-19-24(27(31)22-13-6-2-7-14-22)26(21-11-4-1-5-12-21)25(20-29)28(32)23-15-8-3-9-16-23/h1-9,11-16,24-26,30H,10,17-20H2. The van der Waals surface area contributed by atoms with Crippen molar-refractivity contribution >= 4 is 11.6 Å². The van der Waals surface area contributed by atoms with Crippen LogP contribution in [0.4, 0.5) is 0 Å². The quantitative estimate of drug-likeness (QED) is 0.539. The lowest BCUT2D eigenvalue weighted by molar-refractivity contribution is 0.0560. The highest BCUT2D eigenvalue weighted by Gasteiger charge is 2.44. The number of likely N-dealkylation sites (tertiary alicyclic amines) is 1. The van der Waals surface area contributed by atoms with Crippen LogP contribution in [-0.4, -0.2) is 47.8 Å². The van der Waals surface area contributed by atoms with Gasteiger partial charge in [-0.25, -0.2) is 0 Å². The Hall–Kier alpha value is -3.08. The van der Waals surface area contributed by atoms with Crippen LogP contribution in [0.3, 0.4) is 0 Å². The maximum absolute atomic E-state index is 13.7. The Kier molecular flexibility index (Phi) is 7.25. The Bertz CT molecular complexity index is 959. The molecule has 4 heteroatoms. The van der Waals surface area contributed by atoms with Gasteiger partial charge in [-0.3, -0.25) is 9.59 Å². The lowest BCUT2D eigenvalue weighted by Crippen LogP contribution is -2.50. The molecule has 164 valence electrons. The normalized spacial score (nSPS) is 21.2. The molecule has 0 amide bonds. The molecule has 0 radical (unpaired) electrons. The van der Waals surface area contributed by atoms with Crippen molar-refractivity contribution in [2.75, 3.05) is 26.2 Å². The van der Waals surface area contributed by atoms with Crippen molar-refractivity contribution in [3.8, 4) is 0 Å². The number of nitrogens with zero attached hydrogens (tertiary/aromatic N) is 1. The minimum Gasteiger partial charge on any atom is -0.396 e. The van der Waals surface area contributed by atoms with Crippen molar-refractivity contribution < 1.29 is 14.7 Å². The van der Waals surface area contributed by atoms with Crippen molar-refractivity contribution in [2.45, 2.75) is 12.3 Å².